The molecule has 3 heterocycles. The number of benzene rings is 2. The van der Waals surface area contributed by atoms with E-state index < -0.39 is 17.5 Å². The molecule has 0 aromatic heterocycles. The Bertz CT molecular complexity index is 1120. The molecular formula is C26H31N5O4. The Labute approximate surface area is 205 Å². The van der Waals surface area contributed by atoms with E-state index in [2.05, 4.69) is 33.8 Å². The monoisotopic (exact) mass is 477 g/mol. The summed E-state index contributed by atoms with van der Waals surface area (Å²) in [6, 6.07) is 14.9. The lowest BCUT2D eigenvalue weighted by atomic mass is 9.87. The fraction of sp³-hybridized carbons (Fsp3) is 0.423. The number of hydrogen-bond donors (Lipinski definition) is 2. The van der Waals surface area contributed by atoms with Crippen LogP contribution in [0.15, 0.2) is 48.5 Å². The summed E-state index contributed by atoms with van der Waals surface area (Å²) in [5.74, 6) is 0.157. The van der Waals surface area contributed by atoms with E-state index in [1.54, 1.807) is 0 Å². The summed E-state index contributed by atoms with van der Waals surface area (Å²) < 4.78 is 5.59. The zero-order valence-electron chi connectivity index (χ0n) is 20.0. The van der Waals surface area contributed by atoms with Crippen LogP contribution >= 0.6 is 0 Å². The Hall–Kier alpha value is -3.43. The van der Waals surface area contributed by atoms with E-state index in [0.717, 1.165) is 56.5 Å². The number of hydrazine groups is 1. The molecule has 2 aromatic carbocycles. The number of fused-ring (bicyclic) bond motifs is 1. The second-order valence-electron chi connectivity index (χ2n) is 9.32. The molecule has 35 heavy (non-hydrogen) atoms. The van der Waals surface area contributed by atoms with E-state index >= 15 is 0 Å². The third-order valence-electron chi connectivity index (χ3n) is 7.12. The first-order chi connectivity index (χ1) is 17.0. The van der Waals surface area contributed by atoms with Gasteiger partial charge in [-0.15, -0.1) is 0 Å². The zero-order chi connectivity index (χ0) is 24.4. The lowest BCUT2D eigenvalue weighted by Crippen LogP contribution is -2.53. The van der Waals surface area contributed by atoms with Crippen molar-refractivity contribution in [2.24, 2.45) is 0 Å². The van der Waals surface area contributed by atoms with Gasteiger partial charge in [0.2, 0.25) is 0 Å². The molecule has 2 aromatic rings. The molecule has 9 heteroatoms. The largest absolute Gasteiger partial charge is 0.493 e. The summed E-state index contributed by atoms with van der Waals surface area (Å²) in [6.45, 7) is 6.77. The van der Waals surface area contributed by atoms with Crippen LogP contribution < -0.4 is 15.5 Å². The molecule has 0 aliphatic carbocycles. The highest BCUT2D eigenvalue weighted by molar-refractivity contribution is 6.08. The summed E-state index contributed by atoms with van der Waals surface area (Å²) in [5, 5.41) is 3.61. The van der Waals surface area contributed by atoms with Gasteiger partial charge in [-0.1, -0.05) is 49.4 Å². The maximum absolute atomic E-state index is 13.2. The van der Waals surface area contributed by atoms with Crippen LogP contribution in [0.5, 0.6) is 5.75 Å². The number of ether oxygens (including phenoxy) is 1. The molecule has 1 atom stereocenters. The molecule has 5 rings (SSSR count). The molecule has 184 valence electrons. The number of amides is 4. The zero-order valence-corrected chi connectivity index (χ0v) is 20.0. The Kier molecular flexibility index (Phi) is 6.44. The minimum atomic E-state index is -1.17. The molecule has 2 fully saturated rings. The van der Waals surface area contributed by atoms with Crippen LogP contribution in [0.3, 0.4) is 0 Å². The normalized spacial score (nSPS) is 22.6. The molecule has 0 spiro atoms. The number of nitrogens with zero attached hydrogens (tertiary/aromatic N) is 3. The van der Waals surface area contributed by atoms with Crippen molar-refractivity contribution in [2.45, 2.75) is 31.8 Å². The first kappa shape index (κ1) is 23.3. The second-order valence-corrected chi connectivity index (χ2v) is 9.32. The van der Waals surface area contributed by atoms with Crippen molar-refractivity contribution >= 4 is 17.8 Å². The summed E-state index contributed by atoms with van der Waals surface area (Å²) in [4.78, 5) is 42.9. The third kappa shape index (κ3) is 4.61. The van der Waals surface area contributed by atoms with Crippen LogP contribution in [0.25, 0.3) is 0 Å². The predicted octanol–water partition coefficient (Wildman–Crippen LogP) is 1.63. The number of carbonyl (C=O) groups excluding carboxylic acids is 3. The highest BCUT2D eigenvalue weighted by Crippen LogP contribution is 2.31. The number of carbonyl (C=O) groups is 3. The maximum Gasteiger partial charge on any atom is 0.344 e. The van der Waals surface area contributed by atoms with Gasteiger partial charge in [0.1, 0.15) is 11.3 Å². The van der Waals surface area contributed by atoms with Gasteiger partial charge < -0.3 is 10.1 Å². The van der Waals surface area contributed by atoms with Gasteiger partial charge in [-0.3, -0.25) is 24.8 Å². The molecule has 0 radical (unpaired) electrons. The molecule has 0 saturated carbocycles. The van der Waals surface area contributed by atoms with Crippen molar-refractivity contribution in [1.82, 2.24) is 25.6 Å². The van der Waals surface area contributed by atoms with Crippen LogP contribution in [0.4, 0.5) is 4.79 Å². The fourth-order valence-corrected chi connectivity index (χ4v) is 5.10. The number of hydrogen-bond acceptors (Lipinski definition) is 6. The van der Waals surface area contributed by atoms with E-state index in [1.807, 2.05) is 42.2 Å². The average molecular weight is 478 g/mol. The molecule has 0 bridgehead atoms. The van der Waals surface area contributed by atoms with Gasteiger partial charge in [-0.05, 0) is 29.2 Å². The van der Waals surface area contributed by atoms with E-state index in [-0.39, 0.29) is 12.5 Å². The number of urea groups is 1. The lowest BCUT2D eigenvalue weighted by Gasteiger charge is -2.34. The quantitative estimate of drug-likeness (QED) is 0.589. The fourth-order valence-electron chi connectivity index (χ4n) is 5.10. The molecule has 4 amide bonds. The minimum Gasteiger partial charge on any atom is -0.493 e. The molecule has 3 aliphatic rings. The van der Waals surface area contributed by atoms with Crippen molar-refractivity contribution in [3.8, 4) is 5.75 Å². The number of imide groups is 1. The van der Waals surface area contributed by atoms with Gasteiger partial charge in [0.15, 0.2) is 0 Å². The summed E-state index contributed by atoms with van der Waals surface area (Å²) in [5.41, 5.74) is 4.61. The minimum absolute atomic E-state index is 0.131. The number of rotatable bonds is 7. The van der Waals surface area contributed by atoms with Gasteiger partial charge >= 0.3 is 6.03 Å². The number of nitrogens with one attached hydrogen (secondary N) is 2. The van der Waals surface area contributed by atoms with Crippen molar-refractivity contribution in [3.05, 3.63) is 65.2 Å². The van der Waals surface area contributed by atoms with Crippen LogP contribution in [0, 0.1) is 0 Å². The van der Waals surface area contributed by atoms with Crippen molar-refractivity contribution in [3.63, 3.8) is 0 Å². The third-order valence-corrected chi connectivity index (χ3v) is 7.12. The van der Waals surface area contributed by atoms with Gasteiger partial charge in [0, 0.05) is 39.1 Å². The highest BCUT2D eigenvalue weighted by Gasteiger charge is 2.52. The van der Waals surface area contributed by atoms with Crippen LogP contribution in [-0.4, -0.2) is 72.0 Å². The maximum atomic E-state index is 13.2. The van der Waals surface area contributed by atoms with E-state index in [1.165, 1.54) is 11.1 Å². The van der Waals surface area contributed by atoms with Gasteiger partial charge in [-0.25, -0.2) is 4.79 Å². The van der Waals surface area contributed by atoms with E-state index in [9.17, 15) is 14.4 Å². The Morgan fingerprint density at radius 3 is 2.54 bits per heavy atom. The SMILES string of the molecule is CC[C@]1(c2ccccc2)NC(=O)N(NC(=O)CN2CCN(Cc3ccc4c(c3)CCO4)CC2)C1=O. The van der Waals surface area contributed by atoms with Gasteiger partial charge in [0.25, 0.3) is 11.8 Å². The lowest BCUT2D eigenvalue weighted by molar-refractivity contribution is -0.140. The average Bonchev–Trinajstić information content (AvgIpc) is 3.44. The highest BCUT2D eigenvalue weighted by atomic mass is 16.5. The Morgan fingerprint density at radius 1 is 1.06 bits per heavy atom. The van der Waals surface area contributed by atoms with Gasteiger partial charge in [-0.2, -0.15) is 5.01 Å². The van der Waals surface area contributed by atoms with E-state index in [4.69, 9.17) is 4.74 Å². The first-order valence-corrected chi connectivity index (χ1v) is 12.2. The molecule has 2 N–H and O–H groups in total. The van der Waals surface area contributed by atoms with Crippen LogP contribution in [0.2, 0.25) is 0 Å². The first-order valence-electron chi connectivity index (χ1n) is 12.2. The molecular weight excluding hydrogens is 446 g/mol. The predicted molar refractivity (Wildman–Crippen MR) is 129 cm³/mol. The topological polar surface area (TPSA) is 94.2 Å². The smallest absolute Gasteiger partial charge is 0.344 e. The second kappa shape index (κ2) is 9.67. The van der Waals surface area contributed by atoms with Gasteiger partial charge in [0.05, 0.1) is 13.2 Å². The summed E-state index contributed by atoms with van der Waals surface area (Å²) in [6.07, 6.45) is 1.35. The van der Waals surface area contributed by atoms with E-state index in [0.29, 0.717) is 12.0 Å². The Morgan fingerprint density at radius 2 is 1.80 bits per heavy atom. The molecule has 3 aliphatic heterocycles. The van der Waals surface area contributed by atoms with Crippen LogP contribution in [0.1, 0.15) is 30.0 Å². The van der Waals surface area contributed by atoms with Crippen LogP contribution in [-0.2, 0) is 28.1 Å². The summed E-state index contributed by atoms with van der Waals surface area (Å²) in [7, 11) is 0. The molecule has 2 saturated heterocycles. The van der Waals surface area contributed by atoms with Crippen molar-refractivity contribution < 1.29 is 19.1 Å². The number of piperazine rings is 1. The molecule has 0 unspecified atom stereocenters. The standard InChI is InChI=1S/C26H31N5O4/c1-2-26(21-6-4-3-5-7-21)24(33)31(25(34)27-26)28-23(32)18-30-13-11-29(12-14-30)17-19-8-9-22-20(16-19)10-15-35-22/h3-9,16H,2,10-15,17-18H2,1H3,(H,27,34)(H,28,32)/t26-/m1/s1. The van der Waals surface area contributed by atoms with Crippen molar-refractivity contribution in [2.75, 3.05) is 39.3 Å². The Balaban J connectivity index is 1.13. The van der Waals surface area contributed by atoms with Crippen molar-refractivity contribution in [1.29, 1.82) is 0 Å². The summed E-state index contributed by atoms with van der Waals surface area (Å²) >= 11 is 0. The molecule has 9 nitrogen and oxygen atoms in total.